The van der Waals surface area contributed by atoms with Gasteiger partial charge in [-0.05, 0) is 43.9 Å². The van der Waals surface area contributed by atoms with Crippen LogP contribution in [0.2, 0.25) is 0 Å². The number of benzene rings is 1. The Bertz CT molecular complexity index is 843. The lowest BCUT2D eigenvalue weighted by atomic mass is 9.89. The van der Waals surface area contributed by atoms with Crippen LogP contribution in [0.15, 0.2) is 24.3 Å². The fourth-order valence-corrected chi connectivity index (χ4v) is 5.01. The Balaban J connectivity index is 1.59. The molecule has 31 heavy (non-hydrogen) atoms. The van der Waals surface area contributed by atoms with Gasteiger partial charge in [0.2, 0.25) is 11.8 Å². The summed E-state index contributed by atoms with van der Waals surface area (Å²) in [6, 6.07) is 6.40. The number of carbonyl (C=O) groups excluding carboxylic acids is 3. The number of hydrogen-bond acceptors (Lipinski definition) is 5. The van der Waals surface area contributed by atoms with E-state index in [2.05, 4.69) is 0 Å². The van der Waals surface area contributed by atoms with E-state index in [1.54, 1.807) is 53.0 Å². The molecule has 0 bridgehead atoms. The van der Waals surface area contributed by atoms with Crippen molar-refractivity contribution in [2.45, 2.75) is 50.8 Å². The highest BCUT2D eigenvalue weighted by Crippen LogP contribution is 2.42. The van der Waals surface area contributed by atoms with Crippen molar-refractivity contribution in [2.75, 3.05) is 39.9 Å². The zero-order valence-electron chi connectivity index (χ0n) is 18.3. The molecule has 3 fully saturated rings. The summed E-state index contributed by atoms with van der Waals surface area (Å²) in [5.74, 6) is 0.333. The highest BCUT2D eigenvalue weighted by atomic mass is 16.5. The van der Waals surface area contributed by atoms with Gasteiger partial charge in [-0.3, -0.25) is 19.3 Å². The van der Waals surface area contributed by atoms with E-state index in [0.717, 1.165) is 32.1 Å². The van der Waals surface area contributed by atoms with E-state index in [1.165, 1.54) is 0 Å². The molecule has 0 N–H and O–H groups in total. The molecule has 3 amide bonds. The maximum atomic E-state index is 13.7. The Labute approximate surface area is 183 Å². The predicted octanol–water partition coefficient (Wildman–Crippen LogP) is 1.89. The van der Waals surface area contributed by atoms with E-state index < -0.39 is 11.8 Å². The topological polar surface area (TPSA) is 79.4 Å². The van der Waals surface area contributed by atoms with Crippen molar-refractivity contribution in [3.05, 3.63) is 29.8 Å². The molecule has 8 heteroatoms. The van der Waals surface area contributed by atoms with Crippen molar-refractivity contribution < 1.29 is 23.9 Å². The number of hydrogen-bond donors (Lipinski definition) is 0. The first kappa shape index (κ1) is 21.6. The van der Waals surface area contributed by atoms with Crippen LogP contribution in [0.1, 0.15) is 49.4 Å². The lowest BCUT2D eigenvalue weighted by Crippen LogP contribution is -2.59. The van der Waals surface area contributed by atoms with Crippen LogP contribution in [0.25, 0.3) is 0 Å². The molecule has 168 valence electrons. The Morgan fingerprint density at radius 3 is 2.35 bits per heavy atom. The van der Waals surface area contributed by atoms with E-state index in [-0.39, 0.29) is 24.3 Å². The lowest BCUT2D eigenvalue weighted by molar-refractivity contribution is -0.142. The van der Waals surface area contributed by atoms with Gasteiger partial charge in [-0.2, -0.15) is 0 Å². The first-order valence-corrected chi connectivity index (χ1v) is 11.1. The quantitative estimate of drug-likeness (QED) is 0.733. The summed E-state index contributed by atoms with van der Waals surface area (Å²) >= 11 is 0. The average Bonchev–Trinajstić information content (AvgIpc) is 3.16. The molecule has 2 saturated heterocycles. The summed E-state index contributed by atoms with van der Waals surface area (Å²) < 4.78 is 11.5. The van der Waals surface area contributed by atoms with Gasteiger partial charge >= 0.3 is 0 Å². The van der Waals surface area contributed by atoms with E-state index in [4.69, 9.17) is 9.47 Å². The summed E-state index contributed by atoms with van der Waals surface area (Å²) in [5.41, 5.74) is -0.228. The minimum atomic E-state index is -0.722. The second kappa shape index (κ2) is 8.86. The molecule has 0 unspecified atom stereocenters. The number of amides is 3. The van der Waals surface area contributed by atoms with Crippen molar-refractivity contribution in [3.8, 4) is 5.75 Å². The lowest BCUT2D eigenvalue weighted by Gasteiger charge is -2.43. The molecule has 2 aliphatic heterocycles. The maximum Gasteiger partial charge on any atom is 0.257 e. The Morgan fingerprint density at radius 2 is 1.71 bits per heavy atom. The average molecular weight is 430 g/mol. The van der Waals surface area contributed by atoms with Gasteiger partial charge in [0, 0.05) is 38.7 Å². The fourth-order valence-electron chi connectivity index (χ4n) is 5.01. The molecular formula is C23H31N3O5. The van der Waals surface area contributed by atoms with Crippen LogP contribution in [0.5, 0.6) is 5.75 Å². The molecule has 3 aliphatic rings. The first-order chi connectivity index (χ1) is 14.9. The van der Waals surface area contributed by atoms with E-state index in [0.29, 0.717) is 37.5 Å². The normalized spacial score (nSPS) is 23.2. The highest BCUT2D eigenvalue weighted by molar-refractivity contribution is 5.98. The minimum Gasteiger partial charge on any atom is -0.497 e. The molecule has 8 nitrogen and oxygen atoms in total. The van der Waals surface area contributed by atoms with Crippen LogP contribution in [0.3, 0.4) is 0 Å². The minimum absolute atomic E-state index is 0.0206. The zero-order valence-corrected chi connectivity index (χ0v) is 18.3. The standard InChI is InChI=1S/C23H31N3O5/c1-17(27)24-11-13-25(14-12-24)22(29)20-16-31-23(9-4-3-5-10-23)26(20)21(28)18-7-6-8-19(15-18)30-2/h6-8,15,20H,3-5,9-14,16H2,1-2H3/t20-/m0/s1. The van der Waals surface area contributed by atoms with E-state index >= 15 is 0 Å². The largest absolute Gasteiger partial charge is 0.497 e. The van der Waals surface area contributed by atoms with Gasteiger partial charge < -0.3 is 19.3 Å². The Kier molecular flexibility index (Phi) is 6.18. The molecular weight excluding hydrogens is 398 g/mol. The molecule has 0 aromatic heterocycles. The van der Waals surface area contributed by atoms with Crippen molar-refractivity contribution in [1.82, 2.24) is 14.7 Å². The number of carbonyl (C=O) groups is 3. The second-order valence-electron chi connectivity index (χ2n) is 8.57. The molecule has 1 spiro atoms. The predicted molar refractivity (Wildman–Crippen MR) is 114 cm³/mol. The molecule has 1 aliphatic carbocycles. The maximum absolute atomic E-state index is 13.7. The van der Waals surface area contributed by atoms with Crippen molar-refractivity contribution in [1.29, 1.82) is 0 Å². The monoisotopic (exact) mass is 429 g/mol. The van der Waals surface area contributed by atoms with Gasteiger partial charge in [-0.15, -0.1) is 0 Å². The van der Waals surface area contributed by atoms with Crippen LogP contribution in [-0.2, 0) is 14.3 Å². The number of methoxy groups -OCH3 is 1. The van der Waals surface area contributed by atoms with Crippen molar-refractivity contribution in [2.24, 2.45) is 0 Å². The Morgan fingerprint density at radius 1 is 1.03 bits per heavy atom. The third kappa shape index (κ3) is 4.13. The van der Waals surface area contributed by atoms with Gasteiger partial charge in [0.1, 0.15) is 17.5 Å². The second-order valence-corrected chi connectivity index (χ2v) is 8.57. The van der Waals surface area contributed by atoms with Crippen LogP contribution in [-0.4, -0.2) is 84.1 Å². The smallest absolute Gasteiger partial charge is 0.257 e. The van der Waals surface area contributed by atoms with Crippen LogP contribution in [0.4, 0.5) is 0 Å². The third-order valence-corrected chi connectivity index (χ3v) is 6.75. The van der Waals surface area contributed by atoms with E-state index in [9.17, 15) is 14.4 Å². The summed E-state index contributed by atoms with van der Waals surface area (Å²) in [4.78, 5) is 44.0. The SMILES string of the molecule is COc1cccc(C(=O)N2[C@H](C(=O)N3CCN(C(C)=O)CC3)COC23CCCCC3)c1. The van der Waals surface area contributed by atoms with Crippen LogP contribution >= 0.6 is 0 Å². The molecule has 4 rings (SSSR count). The summed E-state index contributed by atoms with van der Waals surface area (Å²) in [7, 11) is 1.57. The fraction of sp³-hybridized carbons (Fsp3) is 0.609. The molecule has 2 heterocycles. The van der Waals surface area contributed by atoms with Gasteiger partial charge in [-0.1, -0.05) is 12.5 Å². The molecule has 1 aromatic carbocycles. The zero-order chi connectivity index (χ0) is 22.0. The Hall–Kier alpha value is -2.61. The number of nitrogens with zero attached hydrogens (tertiary/aromatic N) is 3. The van der Waals surface area contributed by atoms with Gasteiger partial charge in [0.05, 0.1) is 13.7 Å². The summed E-state index contributed by atoms with van der Waals surface area (Å²) in [6.07, 6.45) is 4.54. The third-order valence-electron chi connectivity index (χ3n) is 6.75. The van der Waals surface area contributed by atoms with Crippen LogP contribution in [0, 0.1) is 0 Å². The molecule has 1 saturated carbocycles. The van der Waals surface area contributed by atoms with Crippen molar-refractivity contribution in [3.63, 3.8) is 0 Å². The number of rotatable bonds is 3. The molecule has 1 atom stereocenters. The molecule has 0 radical (unpaired) electrons. The van der Waals surface area contributed by atoms with Gasteiger partial charge in [-0.25, -0.2) is 0 Å². The van der Waals surface area contributed by atoms with E-state index in [1.807, 2.05) is 0 Å². The summed E-state index contributed by atoms with van der Waals surface area (Å²) in [5, 5.41) is 0. The van der Waals surface area contributed by atoms with Crippen LogP contribution < -0.4 is 4.74 Å². The van der Waals surface area contributed by atoms with Crippen molar-refractivity contribution >= 4 is 17.7 Å². The number of ether oxygens (including phenoxy) is 2. The molecule has 1 aromatic rings. The highest BCUT2D eigenvalue weighted by Gasteiger charge is 2.53. The van der Waals surface area contributed by atoms with Gasteiger partial charge in [0.25, 0.3) is 5.91 Å². The van der Waals surface area contributed by atoms with Gasteiger partial charge in [0.15, 0.2) is 0 Å². The summed E-state index contributed by atoms with van der Waals surface area (Å²) in [6.45, 7) is 3.74. The number of piperazine rings is 1. The first-order valence-electron chi connectivity index (χ1n) is 11.1.